The summed E-state index contributed by atoms with van der Waals surface area (Å²) in [6.07, 6.45) is 5.25. The molecule has 0 saturated heterocycles. The van der Waals surface area contributed by atoms with Crippen molar-refractivity contribution < 1.29 is 0 Å². The highest BCUT2D eigenvalue weighted by Gasteiger charge is 2.20. The minimum atomic E-state index is -0.0369. The quantitative estimate of drug-likeness (QED) is 0.749. The maximum absolute atomic E-state index is 11.9. The van der Waals surface area contributed by atoms with Crippen molar-refractivity contribution in [2.24, 2.45) is 0 Å². The number of benzene rings is 2. The van der Waals surface area contributed by atoms with Gasteiger partial charge in [-0.3, -0.25) is 4.79 Å². The van der Waals surface area contributed by atoms with Gasteiger partial charge in [0.25, 0.3) is 5.56 Å². The third-order valence-corrected chi connectivity index (χ3v) is 4.51. The van der Waals surface area contributed by atoms with Crippen molar-refractivity contribution in [2.75, 3.05) is 5.32 Å². The van der Waals surface area contributed by atoms with E-state index in [0.29, 0.717) is 6.04 Å². The molecule has 1 atom stereocenters. The molecule has 2 aromatic carbocycles. The highest BCUT2D eigenvalue weighted by molar-refractivity contribution is 5.92. The number of hydrogen-bond donors (Lipinski definition) is 2. The minimum absolute atomic E-state index is 0.0369. The fourth-order valence-corrected chi connectivity index (χ4v) is 3.42. The van der Waals surface area contributed by atoms with Crippen LogP contribution in [-0.4, -0.2) is 4.98 Å². The zero-order valence-electron chi connectivity index (χ0n) is 12.3. The number of nitrogens with one attached hydrogen (secondary N) is 2. The molecule has 3 heteroatoms. The average molecular weight is 290 g/mol. The fourth-order valence-electron chi connectivity index (χ4n) is 3.42. The van der Waals surface area contributed by atoms with E-state index in [1.54, 1.807) is 6.20 Å². The number of fused-ring (bicyclic) bond motifs is 2. The highest BCUT2D eigenvalue weighted by Crippen LogP contribution is 2.33. The Morgan fingerprint density at radius 1 is 1.00 bits per heavy atom. The number of pyridine rings is 1. The molecule has 2 N–H and O–H groups in total. The van der Waals surface area contributed by atoms with Crippen LogP contribution in [0.25, 0.3) is 10.8 Å². The second kappa shape index (κ2) is 5.34. The molecule has 0 radical (unpaired) electrons. The van der Waals surface area contributed by atoms with Gasteiger partial charge in [0.15, 0.2) is 0 Å². The van der Waals surface area contributed by atoms with E-state index in [4.69, 9.17) is 0 Å². The molecular formula is C19H18N2O. The van der Waals surface area contributed by atoms with Gasteiger partial charge < -0.3 is 10.3 Å². The van der Waals surface area contributed by atoms with Crippen molar-refractivity contribution in [3.8, 4) is 0 Å². The van der Waals surface area contributed by atoms with Crippen LogP contribution >= 0.6 is 0 Å². The summed E-state index contributed by atoms with van der Waals surface area (Å²) < 4.78 is 0. The molecule has 1 aromatic heterocycles. The van der Waals surface area contributed by atoms with Crippen molar-refractivity contribution in [3.05, 3.63) is 76.2 Å². The first-order valence-electron chi connectivity index (χ1n) is 7.78. The maximum Gasteiger partial charge on any atom is 0.255 e. The molecule has 0 aliphatic heterocycles. The molecule has 0 amide bonds. The summed E-state index contributed by atoms with van der Waals surface area (Å²) in [5, 5.41) is 5.35. The van der Waals surface area contributed by atoms with Crippen LogP contribution in [0.1, 0.15) is 30.0 Å². The van der Waals surface area contributed by atoms with E-state index >= 15 is 0 Å². The van der Waals surface area contributed by atoms with E-state index < -0.39 is 0 Å². The van der Waals surface area contributed by atoms with Crippen LogP contribution in [0.15, 0.2) is 59.5 Å². The molecule has 1 aliphatic carbocycles. The van der Waals surface area contributed by atoms with Crippen molar-refractivity contribution in [1.82, 2.24) is 4.98 Å². The van der Waals surface area contributed by atoms with Gasteiger partial charge in [0.2, 0.25) is 0 Å². The Morgan fingerprint density at radius 3 is 2.68 bits per heavy atom. The molecule has 0 saturated carbocycles. The normalized spacial score (nSPS) is 17.2. The van der Waals surface area contributed by atoms with Gasteiger partial charge in [0.1, 0.15) is 0 Å². The predicted octanol–water partition coefficient (Wildman–Crippen LogP) is 4.02. The second-order valence-corrected chi connectivity index (χ2v) is 5.87. The number of H-pyrrole nitrogens is 1. The Balaban J connectivity index is 1.77. The van der Waals surface area contributed by atoms with Gasteiger partial charge >= 0.3 is 0 Å². The third kappa shape index (κ3) is 2.19. The van der Waals surface area contributed by atoms with Crippen LogP contribution in [0.5, 0.6) is 0 Å². The minimum Gasteiger partial charge on any atom is -0.377 e. The van der Waals surface area contributed by atoms with Gasteiger partial charge in [0.05, 0.1) is 11.7 Å². The molecule has 3 aromatic rings. The smallest absolute Gasteiger partial charge is 0.255 e. The molecule has 1 heterocycles. The lowest BCUT2D eigenvalue weighted by atomic mass is 9.87. The summed E-state index contributed by atoms with van der Waals surface area (Å²) in [7, 11) is 0. The summed E-state index contributed by atoms with van der Waals surface area (Å²) in [5.74, 6) is 0. The Kier molecular flexibility index (Phi) is 3.19. The highest BCUT2D eigenvalue weighted by atomic mass is 16.1. The number of anilines is 1. The Labute approximate surface area is 129 Å². The average Bonchev–Trinajstić information content (AvgIpc) is 2.58. The van der Waals surface area contributed by atoms with Crippen molar-refractivity contribution in [1.29, 1.82) is 0 Å². The Morgan fingerprint density at radius 2 is 1.77 bits per heavy atom. The lowest BCUT2D eigenvalue weighted by molar-refractivity contribution is 0.600. The Hall–Kier alpha value is -2.55. The zero-order valence-corrected chi connectivity index (χ0v) is 12.3. The molecular weight excluding hydrogens is 272 g/mol. The van der Waals surface area contributed by atoms with E-state index in [1.165, 1.54) is 17.5 Å². The first-order valence-corrected chi connectivity index (χ1v) is 7.78. The number of aromatic nitrogens is 1. The Bertz CT molecular complexity index is 882. The molecule has 110 valence electrons. The van der Waals surface area contributed by atoms with Gasteiger partial charge in [-0.25, -0.2) is 0 Å². The van der Waals surface area contributed by atoms with Crippen LogP contribution in [0, 0.1) is 0 Å². The van der Waals surface area contributed by atoms with Gasteiger partial charge in [-0.2, -0.15) is 0 Å². The van der Waals surface area contributed by atoms with E-state index in [-0.39, 0.29) is 5.56 Å². The lowest BCUT2D eigenvalue weighted by Crippen LogP contribution is -2.18. The molecule has 22 heavy (non-hydrogen) atoms. The van der Waals surface area contributed by atoms with E-state index in [2.05, 4.69) is 34.6 Å². The fraction of sp³-hybridized carbons (Fsp3) is 0.211. The summed E-state index contributed by atoms with van der Waals surface area (Å²) >= 11 is 0. The van der Waals surface area contributed by atoms with Crippen LogP contribution in [0.2, 0.25) is 0 Å². The van der Waals surface area contributed by atoms with E-state index in [1.807, 2.05) is 24.3 Å². The number of aryl methyl sites for hydroxylation is 1. The van der Waals surface area contributed by atoms with Crippen molar-refractivity contribution >= 4 is 16.5 Å². The largest absolute Gasteiger partial charge is 0.377 e. The van der Waals surface area contributed by atoms with Crippen LogP contribution in [-0.2, 0) is 6.42 Å². The van der Waals surface area contributed by atoms with Crippen LogP contribution in [0.3, 0.4) is 0 Å². The summed E-state index contributed by atoms with van der Waals surface area (Å²) in [6.45, 7) is 0. The number of hydrogen-bond acceptors (Lipinski definition) is 2. The molecule has 0 fully saturated rings. The summed E-state index contributed by atoms with van der Waals surface area (Å²) in [4.78, 5) is 14.8. The molecule has 3 nitrogen and oxygen atoms in total. The maximum atomic E-state index is 11.9. The standard InChI is InChI=1S/C19H18N2O/c22-19-16-10-4-3-9-15(16)18(12-20-19)21-17-11-5-7-13-6-1-2-8-14(13)17/h1-4,6,8-10,12,17,21H,5,7,11H2,(H,20,22). The van der Waals surface area contributed by atoms with Gasteiger partial charge in [-0.1, -0.05) is 42.5 Å². The van der Waals surface area contributed by atoms with Gasteiger partial charge in [-0.05, 0) is 36.5 Å². The first kappa shape index (κ1) is 13.1. The van der Waals surface area contributed by atoms with Crippen LogP contribution in [0.4, 0.5) is 5.69 Å². The predicted molar refractivity (Wildman–Crippen MR) is 90.3 cm³/mol. The van der Waals surface area contributed by atoms with Gasteiger partial charge in [0, 0.05) is 17.0 Å². The third-order valence-electron chi connectivity index (χ3n) is 4.51. The molecule has 0 bridgehead atoms. The summed E-state index contributed by atoms with van der Waals surface area (Å²) in [6, 6.07) is 16.7. The number of aromatic amines is 1. The second-order valence-electron chi connectivity index (χ2n) is 5.87. The first-order chi connectivity index (χ1) is 10.8. The SMILES string of the molecule is O=c1[nH]cc(NC2CCCc3ccccc32)c2ccccc12. The summed E-state index contributed by atoms with van der Waals surface area (Å²) in [5.41, 5.74) is 3.77. The topological polar surface area (TPSA) is 44.9 Å². The van der Waals surface area contributed by atoms with Crippen molar-refractivity contribution in [3.63, 3.8) is 0 Å². The van der Waals surface area contributed by atoms with Gasteiger partial charge in [-0.15, -0.1) is 0 Å². The molecule has 0 spiro atoms. The monoisotopic (exact) mass is 290 g/mol. The molecule has 1 unspecified atom stereocenters. The lowest BCUT2D eigenvalue weighted by Gasteiger charge is -2.27. The molecule has 4 rings (SSSR count). The van der Waals surface area contributed by atoms with E-state index in [0.717, 1.165) is 29.3 Å². The van der Waals surface area contributed by atoms with E-state index in [9.17, 15) is 4.79 Å². The van der Waals surface area contributed by atoms with Crippen LogP contribution < -0.4 is 10.9 Å². The number of rotatable bonds is 2. The van der Waals surface area contributed by atoms with Crippen molar-refractivity contribution in [2.45, 2.75) is 25.3 Å². The zero-order chi connectivity index (χ0) is 14.9. The molecule has 1 aliphatic rings.